The Morgan fingerprint density at radius 2 is 1.66 bits per heavy atom. The number of nitriles is 1. The molecule has 0 saturated carbocycles. The van der Waals surface area contributed by atoms with E-state index in [2.05, 4.69) is 6.07 Å². The highest BCUT2D eigenvalue weighted by Crippen LogP contribution is 2.52. The van der Waals surface area contributed by atoms with Crippen LogP contribution in [0.15, 0.2) is 46.8 Å². The molecule has 0 atom stereocenters. The molecule has 1 heterocycles. The molecule has 1 aromatic rings. The van der Waals surface area contributed by atoms with Gasteiger partial charge in [0.05, 0.1) is 34.8 Å². The third-order valence-corrected chi connectivity index (χ3v) is 5.61. The lowest BCUT2D eigenvalue weighted by Gasteiger charge is -2.47. The minimum atomic E-state index is -1.48. The van der Waals surface area contributed by atoms with Crippen LogP contribution in [0, 0.1) is 17.2 Å². The number of aliphatic carboxylic acids is 2. The lowest BCUT2D eigenvalue weighted by molar-refractivity contribution is -0.135. The summed E-state index contributed by atoms with van der Waals surface area (Å²) in [4.78, 5) is 26.7. The Morgan fingerprint density at radius 1 is 1.14 bits per heavy atom. The summed E-state index contributed by atoms with van der Waals surface area (Å²) < 4.78 is 5.13. The van der Waals surface area contributed by atoms with Crippen molar-refractivity contribution in [3.8, 4) is 6.07 Å². The Morgan fingerprint density at radius 3 is 2.07 bits per heavy atom. The number of rotatable bonds is 7. The van der Waals surface area contributed by atoms with Crippen molar-refractivity contribution in [1.29, 1.82) is 5.26 Å². The van der Waals surface area contributed by atoms with Gasteiger partial charge in [0.15, 0.2) is 0 Å². The van der Waals surface area contributed by atoms with Gasteiger partial charge >= 0.3 is 11.9 Å². The van der Waals surface area contributed by atoms with Gasteiger partial charge in [0.25, 0.3) is 0 Å². The molecule has 7 heteroatoms. The number of ether oxygens (including phenoxy) is 1. The van der Waals surface area contributed by atoms with Crippen LogP contribution < -0.4 is 0 Å². The molecule has 29 heavy (non-hydrogen) atoms. The van der Waals surface area contributed by atoms with Crippen LogP contribution in [0.4, 0.5) is 0 Å². The summed E-state index contributed by atoms with van der Waals surface area (Å²) in [7, 11) is 1.53. The van der Waals surface area contributed by atoms with Crippen LogP contribution >= 0.6 is 0 Å². The molecule has 154 valence electrons. The maximum Gasteiger partial charge on any atom is 0.334 e. The van der Waals surface area contributed by atoms with E-state index in [1.54, 1.807) is 56.9 Å². The highest BCUT2D eigenvalue weighted by molar-refractivity contribution is 6.01. The topological polar surface area (TPSA) is 111 Å². The summed E-state index contributed by atoms with van der Waals surface area (Å²) in [5.74, 6) is -2.86. The van der Waals surface area contributed by atoms with Crippen LogP contribution in [-0.4, -0.2) is 47.3 Å². The first-order chi connectivity index (χ1) is 13.7. The normalized spacial score (nSPS) is 16.2. The Hall–Kier alpha value is -3.11. The third kappa shape index (κ3) is 3.40. The Labute approximate surface area is 170 Å². The van der Waals surface area contributed by atoms with E-state index in [0.717, 1.165) is 0 Å². The molecular formula is C22H26N2O5. The highest BCUT2D eigenvalue weighted by Gasteiger charge is 2.54. The van der Waals surface area contributed by atoms with Crippen molar-refractivity contribution in [3.05, 3.63) is 57.9 Å². The quantitative estimate of drug-likeness (QED) is 0.726. The van der Waals surface area contributed by atoms with Gasteiger partial charge in [-0.15, -0.1) is 0 Å². The van der Waals surface area contributed by atoms with Crippen LogP contribution in [0.3, 0.4) is 0 Å². The Kier molecular flexibility index (Phi) is 6.50. The number of allylic oxidation sites excluding steroid dienone is 2. The zero-order valence-corrected chi connectivity index (χ0v) is 17.3. The molecule has 2 rings (SSSR count). The summed E-state index contributed by atoms with van der Waals surface area (Å²) in [6.07, 6.45) is 0. The second-order valence-electron chi connectivity index (χ2n) is 7.30. The summed E-state index contributed by atoms with van der Waals surface area (Å²) in [6.45, 7) is 7.53. The summed E-state index contributed by atoms with van der Waals surface area (Å²) in [6, 6.07) is 8.71. The number of carbonyl (C=O) groups is 2. The first-order valence-corrected chi connectivity index (χ1v) is 9.31. The zero-order valence-electron chi connectivity index (χ0n) is 17.3. The van der Waals surface area contributed by atoms with E-state index in [9.17, 15) is 25.1 Å². The van der Waals surface area contributed by atoms with Crippen LogP contribution in [-0.2, 0) is 19.7 Å². The number of carboxylic acids is 2. The van der Waals surface area contributed by atoms with Crippen LogP contribution in [0.1, 0.15) is 38.8 Å². The fourth-order valence-electron chi connectivity index (χ4n) is 4.46. The van der Waals surface area contributed by atoms with Crippen molar-refractivity contribution in [2.24, 2.45) is 5.92 Å². The third-order valence-electron chi connectivity index (χ3n) is 5.61. The molecule has 7 nitrogen and oxygen atoms in total. The first-order valence-electron chi connectivity index (χ1n) is 9.31. The Balaban J connectivity index is 3.06. The van der Waals surface area contributed by atoms with Gasteiger partial charge in [-0.2, -0.15) is 5.26 Å². The number of hydrogen-bond donors (Lipinski definition) is 2. The predicted molar refractivity (Wildman–Crippen MR) is 107 cm³/mol. The monoisotopic (exact) mass is 398 g/mol. The molecule has 0 saturated heterocycles. The lowest BCUT2D eigenvalue weighted by Crippen LogP contribution is -2.49. The summed E-state index contributed by atoms with van der Waals surface area (Å²) >= 11 is 0. The van der Waals surface area contributed by atoms with Gasteiger partial charge in [-0.25, -0.2) is 9.59 Å². The minimum absolute atomic E-state index is 0.0331. The van der Waals surface area contributed by atoms with Crippen LogP contribution in [0.5, 0.6) is 0 Å². The standard InChI is InChI=1S/C22H26N2O5/c1-13(2)22(17-9-7-6-8-16(17)12-23)18(20(25)26)14(3)24(10-11-29-5)15(4)19(22)21(27)28/h6-9,13H,10-11H2,1-5H3,(H,25,26)(H,27,28). The molecule has 1 aromatic carbocycles. The average molecular weight is 398 g/mol. The highest BCUT2D eigenvalue weighted by atomic mass is 16.5. The van der Waals surface area contributed by atoms with E-state index in [4.69, 9.17) is 4.74 Å². The Bertz CT molecular complexity index is 899. The van der Waals surface area contributed by atoms with Crippen molar-refractivity contribution < 1.29 is 24.5 Å². The maximum absolute atomic E-state index is 12.5. The van der Waals surface area contributed by atoms with Gasteiger partial charge in [0.2, 0.25) is 0 Å². The molecule has 0 spiro atoms. The van der Waals surface area contributed by atoms with Crippen LogP contribution in [0.25, 0.3) is 0 Å². The van der Waals surface area contributed by atoms with E-state index in [1.165, 1.54) is 7.11 Å². The smallest absolute Gasteiger partial charge is 0.334 e. The fourth-order valence-corrected chi connectivity index (χ4v) is 4.46. The second kappa shape index (κ2) is 8.50. The molecule has 0 fully saturated rings. The van der Waals surface area contributed by atoms with Crippen LogP contribution in [0.2, 0.25) is 0 Å². The SMILES string of the molecule is COCCN1C(C)=C(C(=O)O)C(c2ccccc2C#N)(C(C)C)C(C(=O)O)=C1C. The van der Waals surface area contributed by atoms with E-state index in [-0.39, 0.29) is 16.7 Å². The van der Waals surface area contributed by atoms with E-state index < -0.39 is 23.3 Å². The van der Waals surface area contributed by atoms with Gasteiger partial charge in [0, 0.05) is 25.0 Å². The van der Waals surface area contributed by atoms with Gasteiger partial charge in [-0.3, -0.25) is 0 Å². The molecule has 0 bridgehead atoms. The predicted octanol–water partition coefficient (Wildman–Crippen LogP) is 3.13. The molecule has 0 radical (unpaired) electrons. The van der Waals surface area contributed by atoms with Crippen molar-refractivity contribution in [1.82, 2.24) is 4.90 Å². The number of nitrogens with zero attached hydrogens (tertiary/aromatic N) is 2. The lowest BCUT2D eigenvalue weighted by atomic mass is 9.58. The number of methoxy groups -OCH3 is 1. The van der Waals surface area contributed by atoms with Gasteiger partial charge in [0.1, 0.15) is 0 Å². The van der Waals surface area contributed by atoms with Crippen molar-refractivity contribution in [3.63, 3.8) is 0 Å². The molecule has 0 amide bonds. The average Bonchev–Trinajstić information content (AvgIpc) is 2.66. The molecule has 0 aliphatic carbocycles. The molecule has 1 aliphatic rings. The number of carboxylic acid groups (broad SMARTS) is 2. The zero-order chi connectivity index (χ0) is 21.9. The van der Waals surface area contributed by atoms with Gasteiger partial charge in [-0.05, 0) is 31.4 Å². The number of hydrogen-bond acceptors (Lipinski definition) is 5. The molecule has 0 aromatic heterocycles. The molecule has 1 aliphatic heterocycles. The van der Waals surface area contributed by atoms with Crippen molar-refractivity contribution >= 4 is 11.9 Å². The summed E-state index contributed by atoms with van der Waals surface area (Å²) in [5.41, 5.74) is -0.0236. The summed E-state index contributed by atoms with van der Waals surface area (Å²) in [5, 5.41) is 30.2. The molecule has 2 N–H and O–H groups in total. The minimum Gasteiger partial charge on any atom is -0.478 e. The number of benzene rings is 1. The van der Waals surface area contributed by atoms with Gasteiger partial charge < -0.3 is 19.8 Å². The molecular weight excluding hydrogens is 372 g/mol. The fraction of sp³-hybridized carbons (Fsp3) is 0.409. The maximum atomic E-state index is 12.5. The van der Waals surface area contributed by atoms with E-state index >= 15 is 0 Å². The second-order valence-corrected chi connectivity index (χ2v) is 7.30. The van der Waals surface area contributed by atoms with E-state index in [0.29, 0.717) is 30.1 Å². The first kappa shape index (κ1) is 22.2. The van der Waals surface area contributed by atoms with E-state index in [1.807, 2.05) is 0 Å². The largest absolute Gasteiger partial charge is 0.478 e. The van der Waals surface area contributed by atoms with Crippen molar-refractivity contribution in [2.45, 2.75) is 33.1 Å². The molecule has 0 unspecified atom stereocenters. The van der Waals surface area contributed by atoms with Gasteiger partial charge in [-0.1, -0.05) is 32.0 Å². The van der Waals surface area contributed by atoms with Crippen molar-refractivity contribution in [2.75, 3.05) is 20.3 Å².